The highest BCUT2D eigenvalue weighted by Gasteiger charge is 2.19. The molecule has 0 saturated carbocycles. The fraction of sp³-hybridized carbons (Fsp3) is 0.0833. The van der Waals surface area contributed by atoms with Gasteiger partial charge in [0.1, 0.15) is 17.3 Å². The Hall–Kier alpha value is -4.53. The summed E-state index contributed by atoms with van der Waals surface area (Å²) in [6.45, 7) is 0. The van der Waals surface area contributed by atoms with E-state index in [0.29, 0.717) is 45.0 Å². The lowest BCUT2D eigenvalue weighted by molar-refractivity contribution is 0.394. The van der Waals surface area contributed by atoms with Crippen molar-refractivity contribution in [2.75, 3.05) is 14.2 Å². The SMILES string of the molecule is COc1cc(OC)cc(-c2noc(-c3nn(-c4ccc(F)cc4)c(=O)c4ccccc34)n2)c1. The van der Waals surface area contributed by atoms with Gasteiger partial charge in [0.05, 0.1) is 25.3 Å². The van der Waals surface area contributed by atoms with Crippen LogP contribution in [0.1, 0.15) is 0 Å². The zero-order chi connectivity index (χ0) is 22.9. The van der Waals surface area contributed by atoms with Crippen molar-refractivity contribution in [1.29, 1.82) is 0 Å². The Morgan fingerprint density at radius 2 is 1.58 bits per heavy atom. The number of fused-ring (bicyclic) bond motifs is 1. The van der Waals surface area contributed by atoms with E-state index in [1.807, 2.05) is 0 Å². The third-order valence-electron chi connectivity index (χ3n) is 5.11. The summed E-state index contributed by atoms with van der Waals surface area (Å²) < 4.78 is 30.8. The van der Waals surface area contributed by atoms with Crippen LogP contribution in [0.25, 0.3) is 39.4 Å². The zero-order valence-electron chi connectivity index (χ0n) is 17.7. The molecule has 8 nitrogen and oxygen atoms in total. The first-order chi connectivity index (χ1) is 16.1. The van der Waals surface area contributed by atoms with Crippen molar-refractivity contribution in [2.24, 2.45) is 0 Å². The number of halogens is 1. The van der Waals surface area contributed by atoms with Crippen molar-refractivity contribution in [1.82, 2.24) is 19.9 Å². The van der Waals surface area contributed by atoms with Gasteiger partial charge in [-0.15, -0.1) is 0 Å². The molecule has 164 valence electrons. The summed E-state index contributed by atoms with van der Waals surface area (Å²) in [5, 5.41) is 9.53. The van der Waals surface area contributed by atoms with Crippen molar-refractivity contribution >= 4 is 10.8 Å². The van der Waals surface area contributed by atoms with Crippen molar-refractivity contribution in [2.45, 2.75) is 0 Å². The van der Waals surface area contributed by atoms with Gasteiger partial charge in [0.25, 0.3) is 11.4 Å². The molecule has 2 aromatic heterocycles. The summed E-state index contributed by atoms with van der Waals surface area (Å²) >= 11 is 0. The summed E-state index contributed by atoms with van der Waals surface area (Å²) in [5.74, 6) is 1.16. The number of nitrogens with zero attached hydrogens (tertiary/aromatic N) is 4. The molecule has 33 heavy (non-hydrogen) atoms. The number of methoxy groups -OCH3 is 2. The van der Waals surface area contributed by atoms with E-state index >= 15 is 0 Å². The van der Waals surface area contributed by atoms with Gasteiger partial charge in [0.2, 0.25) is 5.82 Å². The Morgan fingerprint density at radius 3 is 2.24 bits per heavy atom. The van der Waals surface area contributed by atoms with Crippen LogP contribution < -0.4 is 15.0 Å². The topological polar surface area (TPSA) is 92.3 Å². The number of benzene rings is 3. The molecule has 9 heteroatoms. The molecule has 0 aliphatic rings. The largest absolute Gasteiger partial charge is 0.497 e. The summed E-state index contributed by atoms with van der Waals surface area (Å²) in [6.07, 6.45) is 0. The molecule has 0 N–H and O–H groups in total. The average molecular weight is 444 g/mol. The van der Waals surface area contributed by atoms with Gasteiger partial charge >= 0.3 is 0 Å². The van der Waals surface area contributed by atoms with Crippen LogP contribution in [0, 0.1) is 5.82 Å². The minimum Gasteiger partial charge on any atom is -0.497 e. The normalized spacial score (nSPS) is 11.0. The second-order valence-corrected chi connectivity index (χ2v) is 7.11. The summed E-state index contributed by atoms with van der Waals surface area (Å²) in [5.41, 5.74) is 1.00. The van der Waals surface area contributed by atoms with E-state index in [-0.39, 0.29) is 11.4 Å². The van der Waals surface area contributed by atoms with Gasteiger partial charge in [-0.1, -0.05) is 23.4 Å². The quantitative estimate of drug-likeness (QED) is 0.400. The predicted octanol–water partition coefficient (Wildman–Crippen LogP) is 4.26. The molecule has 5 rings (SSSR count). The van der Waals surface area contributed by atoms with E-state index in [0.717, 1.165) is 0 Å². The molecule has 0 aliphatic heterocycles. The number of ether oxygens (including phenoxy) is 2. The van der Waals surface area contributed by atoms with Gasteiger partial charge in [-0.3, -0.25) is 4.79 Å². The fourth-order valence-electron chi connectivity index (χ4n) is 3.48. The van der Waals surface area contributed by atoms with E-state index in [2.05, 4.69) is 15.2 Å². The van der Waals surface area contributed by atoms with E-state index < -0.39 is 5.82 Å². The summed E-state index contributed by atoms with van der Waals surface area (Å²) in [4.78, 5) is 17.6. The second kappa shape index (κ2) is 8.19. The van der Waals surface area contributed by atoms with E-state index in [1.165, 1.54) is 28.9 Å². The van der Waals surface area contributed by atoms with Gasteiger partial charge in [-0.05, 0) is 42.5 Å². The highest BCUT2D eigenvalue weighted by atomic mass is 19.1. The third kappa shape index (κ3) is 3.69. The molecule has 0 saturated heterocycles. The first kappa shape index (κ1) is 20.4. The van der Waals surface area contributed by atoms with Crippen LogP contribution >= 0.6 is 0 Å². The van der Waals surface area contributed by atoms with Crippen LogP contribution in [0.3, 0.4) is 0 Å². The maximum absolute atomic E-state index is 13.4. The number of hydrogen-bond acceptors (Lipinski definition) is 7. The fourth-order valence-corrected chi connectivity index (χ4v) is 3.48. The smallest absolute Gasteiger partial charge is 0.279 e. The molecule has 3 aromatic carbocycles. The molecule has 0 radical (unpaired) electrons. The lowest BCUT2D eigenvalue weighted by Gasteiger charge is -2.09. The monoisotopic (exact) mass is 444 g/mol. The van der Waals surface area contributed by atoms with Crippen LogP contribution in [-0.4, -0.2) is 34.1 Å². The lowest BCUT2D eigenvalue weighted by Crippen LogP contribution is -2.22. The highest BCUT2D eigenvalue weighted by molar-refractivity contribution is 5.92. The van der Waals surface area contributed by atoms with Gasteiger partial charge in [0, 0.05) is 17.0 Å². The van der Waals surface area contributed by atoms with Crippen molar-refractivity contribution in [3.8, 4) is 40.2 Å². The number of rotatable bonds is 5. The van der Waals surface area contributed by atoms with Crippen molar-refractivity contribution in [3.05, 3.63) is 82.9 Å². The van der Waals surface area contributed by atoms with Gasteiger partial charge in [0.15, 0.2) is 5.69 Å². The summed E-state index contributed by atoms with van der Waals surface area (Å²) in [7, 11) is 3.10. The Labute approximate surface area is 186 Å². The minimum atomic E-state index is -0.414. The maximum Gasteiger partial charge on any atom is 0.279 e. The van der Waals surface area contributed by atoms with E-state index in [9.17, 15) is 9.18 Å². The number of hydrogen-bond donors (Lipinski definition) is 0. The Bertz CT molecular complexity index is 1500. The van der Waals surface area contributed by atoms with Crippen LogP contribution in [0.2, 0.25) is 0 Å². The molecule has 0 bridgehead atoms. The summed E-state index contributed by atoms with van der Waals surface area (Å²) in [6, 6.07) is 17.7. The minimum absolute atomic E-state index is 0.124. The van der Waals surface area contributed by atoms with Crippen LogP contribution in [0.5, 0.6) is 11.5 Å². The van der Waals surface area contributed by atoms with Gasteiger partial charge < -0.3 is 14.0 Å². The molecule has 0 amide bonds. The lowest BCUT2D eigenvalue weighted by atomic mass is 10.1. The van der Waals surface area contributed by atoms with Crippen LogP contribution in [-0.2, 0) is 0 Å². The van der Waals surface area contributed by atoms with Crippen molar-refractivity contribution < 1.29 is 18.4 Å². The number of aromatic nitrogens is 4. The van der Waals surface area contributed by atoms with E-state index in [4.69, 9.17) is 14.0 Å². The molecule has 0 aliphatic carbocycles. The average Bonchev–Trinajstić information content (AvgIpc) is 3.35. The predicted molar refractivity (Wildman–Crippen MR) is 119 cm³/mol. The molecule has 0 atom stereocenters. The van der Waals surface area contributed by atoms with Gasteiger partial charge in [-0.25, -0.2) is 4.39 Å². The van der Waals surface area contributed by atoms with Crippen LogP contribution in [0.4, 0.5) is 4.39 Å². The Balaban J connectivity index is 1.69. The van der Waals surface area contributed by atoms with Gasteiger partial charge in [-0.2, -0.15) is 14.8 Å². The second-order valence-electron chi connectivity index (χ2n) is 7.11. The molecule has 0 spiro atoms. The molecule has 0 fully saturated rings. The third-order valence-corrected chi connectivity index (χ3v) is 5.11. The van der Waals surface area contributed by atoms with Crippen LogP contribution in [0.15, 0.2) is 76.0 Å². The molecular weight excluding hydrogens is 427 g/mol. The first-order valence-electron chi connectivity index (χ1n) is 9.93. The highest BCUT2D eigenvalue weighted by Crippen LogP contribution is 2.30. The van der Waals surface area contributed by atoms with E-state index in [1.54, 1.807) is 56.7 Å². The Morgan fingerprint density at radius 1 is 0.909 bits per heavy atom. The molecule has 0 unspecified atom stereocenters. The van der Waals surface area contributed by atoms with Crippen molar-refractivity contribution in [3.63, 3.8) is 0 Å². The molecular formula is C24H17FN4O4. The molecule has 5 aromatic rings. The maximum atomic E-state index is 13.4. The molecule has 2 heterocycles. The Kier molecular flexibility index (Phi) is 5.06. The zero-order valence-corrected chi connectivity index (χ0v) is 17.7. The standard InChI is InChI=1S/C24H17FN4O4/c1-31-17-11-14(12-18(13-17)32-2)22-26-23(33-28-22)21-19-5-3-4-6-20(19)24(30)29(27-21)16-9-7-15(25)8-10-16/h3-13H,1-2H3. The first-order valence-corrected chi connectivity index (χ1v) is 9.93.